The van der Waals surface area contributed by atoms with E-state index in [2.05, 4.69) is 25.2 Å². The van der Waals surface area contributed by atoms with Gasteiger partial charge < -0.3 is 15.2 Å². The Labute approximate surface area is 181 Å². The third kappa shape index (κ3) is 6.44. The number of ether oxygens (including phenoxy) is 1. The number of carbonyl (C=O) groups is 2. The smallest absolute Gasteiger partial charge is 0.475 e. The monoisotopic (exact) mass is 453 g/mol. The van der Waals surface area contributed by atoms with Crippen molar-refractivity contribution in [2.24, 2.45) is 5.92 Å². The second kappa shape index (κ2) is 10.5. The molecule has 2 aromatic heterocycles. The molecule has 0 bridgehead atoms. The molecule has 12 heteroatoms. The number of hydrogen-bond donors (Lipinski definition) is 2. The average Bonchev–Trinajstić information content (AvgIpc) is 3.24. The van der Waals surface area contributed by atoms with Crippen LogP contribution in [-0.4, -0.2) is 68.3 Å². The second-order valence-corrected chi connectivity index (χ2v) is 7.33. The SMILES string of the molecule is O=C(Nc1cnccn1)[C@H]1C[C@H]2OCC[C@H]2N(Cc2ccccn2)C1.O=C(O)C(F)(F)F. The van der Waals surface area contributed by atoms with E-state index in [0.717, 1.165) is 31.7 Å². The van der Waals surface area contributed by atoms with E-state index in [1.54, 1.807) is 24.8 Å². The predicted octanol–water partition coefficient (Wildman–Crippen LogP) is 2.12. The van der Waals surface area contributed by atoms with Crippen molar-refractivity contribution < 1.29 is 32.6 Å². The van der Waals surface area contributed by atoms with Gasteiger partial charge >= 0.3 is 12.1 Å². The highest BCUT2D eigenvalue weighted by atomic mass is 19.4. The molecule has 0 saturated carbocycles. The van der Waals surface area contributed by atoms with Crippen LogP contribution in [0.1, 0.15) is 18.5 Å². The molecule has 1 amide bonds. The van der Waals surface area contributed by atoms with Gasteiger partial charge in [-0.15, -0.1) is 0 Å². The van der Waals surface area contributed by atoms with E-state index in [-0.39, 0.29) is 17.9 Å². The summed E-state index contributed by atoms with van der Waals surface area (Å²) in [5, 5.41) is 9.99. The lowest BCUT2D eigenvalue weighted by Gasteiger charge is -2.40. The molecule has 2 aliphatic rings. The molecule has 32 heavy (non-hydrogen) atoms. The van der Waals surface area contributed by atoms with Crippen LogP contribution >= 0.6 is 0 Å². The lowest BCUT2D eigenvalue weighted by Crippen LogP contribution is -2.51. The van der Waals surface area contributed by atoms with E-state index in [1.165, 1.54) is 0 Å². The van der Waals surface area contributed by atoms with Gasteiger partial charge in [-0.1, -0.05) is 6.07 Å². The lowest BCUT2D eigenvalue weighted by molar-refractivity contribution is -0.192. The number of carboxylic acid groups (broad SMARTS) is 1. The zero-order valence-electron chi connectivity index (χ0n) is 16.9. The van der Waals surface area contributed by atoms with Crippen molar-refractivity contribution in [3.05, 3.63) is 48.7 Å². The van der Waals surface area contributed by atoms with Crippen LogP contribution in [0.15, 0.2) is 43.0 Å². The van der Waals surface area contributed by atoms with Crippen molar-refractivity contribution in [1.82, 2.24) is 19.9 Å². The van der Waals surface area contributed by atoms with E-state index >= 15 is 0 Å². The molecule has 172 valence electrons. The molecule has 2 aromatic rings. The summed E-state index contributed by atoms with van der Waals surface area (Å²) in [6.45, 7) is 2.19. The van der Waals surface area contributed by atoms with E-state index in [9.17, 15) is 18.0 Å². The quantitative estimate of drug-likeness (QED) is 0.723. The van der Waals surface area contributed by atoms with Crippen molar-refractivity contribution in [2.45, 2.75) is 37.7 Å². The topological polar surface area (TPSA) is 118 Å². The molecule has 0 aliphatic carbocycles. The van der Waals surface area contributed by atoms with Gasteiger partial charge in [-0.25, -0.2) is 9.78 Å². The first kappa shape index (κ1) is 23.5. The van der Waals surface area contributed by atoms with Gasteiger partial charge in [0.25, 0.3) is 0 Å². The van der Waals surface area contributed by atoms with Crippen LogP contribution in [0.2, 0.25) is 0 Å². The second-order valence-electron chi connectivity index (χ2n) is 7.33. The number of piperidine rings is 1. The minimum Gasteiger partial charge on any atom is -0.475 e. The number of aliphatic carboxylic acids is 1. The van der Waals surface area contributed by atoms with E-state index < -0.39 is 12.1 Å². The van der Waals surface area contributed by atoms with Gasteiger partial charge in [-0.3, -0.25) is 19.7 Å². The number of carboxylic acids is 1. The molecule has 0 aromatic carbocycles. The summed E-state index contributed by atoms with van der Waals surface area (Å²) in [5.41, 5.74) is 1.02. The lowest BCUT2D eigenvalue weighted by atomic mass is 9.89. The summed E-state index contributed by atoms with van der Waals surface area (Å²) in [6, 6.07) is 6.29. The van der Waals surface area contributed by atoms with Gasteiger partial charge in [-0.2, -0.15) is 13.2 Å². The van der Waals surface area contributed by atoms with Crippen LogP contribution in [0.3, 0.4) is 0 Å². The first-order valence-corrected chi connectivity index (χ1v) is 9.86. The molecule has 2 fully saturated rings. The Morgan fingerprint density at radius 1 is 1.22 bits per heavy atom. The number of fused-ring (bicyclic) bond motifs is 1. The Bertz CT molecular complexity index is 901. The summed E-state index contributed by atoms with van der Waals surface area (Å²) in [5.74, 6) is -2.43. The molecule has 3 atom stereocenters. The molecule has 0 radical (unpaired) electrons. The van der Waals surface area contributed by atoms with Gasteiger partial charge in [0.1, 0.15) is 0 Å². The number of rotatable bonds is 4. The highest BCUT2D eigenvalue weighted by Gasteiger charge is 2.42. The van der Waals surface area contributed by atoms with Crippen molar-refractivity contribution in [1.29, 1.82) is 0 Å². The first-order valence-electron chi connectivity index (χ1n) is 9.86. The standard InChI is InChI=1S/C18H21N5O2.C2HF3O2/c24-18(22-17-10-19-6-7-21-17)13-9-16-15(4-8-25-16)23(11-13)12-14-3-1-2-5-20-14;3-2(4,5)1(6)7/h1-3,5-7,10,13,15-16H,4,8-9,11-12H2,(H,21,22,24);(H,6,7)/t13-,15+,16+;/m0./s1. The van der Waals surface area contributed by atoms with Crippen LogP contribution in [0.25, 0.3) is 0 Å². The zero-order chi connectivity index (χ0) is 23.1. The van der Waals surface area contributed by atoms with Gasteiger partial charge in [0.05, 0.1) is 23.9 Å². The fourth-order valence-corrected chi connectivity index (χ4v) is 3.72. The number of nitrogens with one attached hydrogen (secondary N) is 1. The van der Waals surface area contributed by atoms with Crippen LogP contribution in [0, 0.1) is 5.92 Å². The number of halogens is 3. The minimum absolute atomic E-state index is 0.0273. The molecular weight excluding hydrogens is 431 g/mol. The van der Waals surface area contributed by atoms with Crippen LogP contribution < -0.4 is 5.32 Å². The molecular formula is C20H22F3N5O4. The van der Waals surface area contributed by atoms with Crippen molar-refractivity contribution in [3.8, 4) is 0 Å². The Morgan fingerprint density at radius 3 is 2.62 bits per heavy atom. The van der Waals surface area contributed by atoms with Crippen LogP contribution in [0.5, 0.6) is 0 Å². The molecule has 4 heterocycles. The number of alkyl halides is 3. The molecule has 0 unspecified atom stereocenters. The van der Waals surface area contributed by atoms with Gasteiger partial charge in [0.2, 0.25) is 5.91 Å². The summed E-state index contributed by atoms with van der Waals surface area (Å²) < 4.78 is 37.6. The number of amides is 1. The largest absolute Gasteiger partial charge is 0.490 e. The fourth-order valence-electron chi connectivity index (χ4n) is 3.72. The summed E-state index contributed by atoms with van der Waals surface area (Å²) in [4.78, 5) is 36.4. The van der Waals surface area contributed by atoms with Crippen molar-refractivity contribution in [3.63, 3.8) is 0 Å². The molecule has 0 spiro atoms. The van der Waals surface area contributed by atoms with Crippen molar-refractivity contribution >= 4 is 17.7 Å². The summed E-state index contributed by atoms with van der Waals surface area (Å²) >= 11 is 0. The van der Waals surface area contributed by atoms with Gasteiger partial charge in [0.15, 0.2) is 5.82 Å². The van der Waals surface area contributed by atoms with Crippen molar-refractivity contribution in [2.75, 3.05) is 18.5 Å². The van der Waals surface area contributed by atoms with Gasteiger partial charge in [0, 0.05) is 44.3 Å². The number of carbonyl (C=O) groups excluding carboxylic acids is 1. The average molecular weight is 453 g/mol. The molecule has 9 nitrogen and oxygen atoms in total. The predicted molar refractivity (Wildman–Crippen MR) is 105 cm³/mol. The third-order valence-electron chi connectivity index (χ3n) is 5.13. The maximum absolute atomic E-state index is 12.7. The minimum atomic E-state index is -5.08. The summed E-state index contributed by atoms with van der Waals surface area (Å²) in [6.07, 6.45) is 3.30. The molecule has 2 aliphatic heterocycles. The normalized spacial score (nSPS) is 22.9. The number of anilines is 1. The van der Waals surface area contributed by atoms with E-state index in [4.69, 9.17) is 14.6 Å². The Balaban J connectivity index is 0.000000360. The number of pyridine rings is 1. The Hall–Kier alpha value is -3.12. The number of hydrogen-bond acceptors (Lipinski definition) is 7. The number of aromatic nitrogens is 3. The van der Waals surface area contributed by atoms with Crippen LogP contribution in [0.4, 0.5) is 19.0 Å². The molecule has 4 rings (SSSR count). The Morgan fingerprint density at radius 2 is 2.00 bits per heavy atom. The number of likely N-dealkylation sites (tertiary alicyclic amines) is 1. The first-order chi connectivity index (χ1) is 15.2. The maximum atomic E-state index is 12.7. The van der Waals surface area contributed by atoms with Gasteiger partial charge in [-0.05, 0) is 25.0 Å². The van der Waals surface area contributed by atoms with Crippen LogP contribution in [-0.2, 0) is 20.9 Å². The maximum Gasteiger partial charge on any atom is 0.490 e. The fraction of sp³-hybridized carbons (Fsp3) is 0.450. The van der Waals surface area contributed by atoms with E-state index in [1.807, 2.05) is 18.2 Å². The summed E-state index contributed by atoms with van der Waals surface area (Å²) in [7, 11) is 0. The number of nitrogens with zero attached hydrogens (tertiary/aromatic N) is 4. The highest BCUT2D eigenvalue weighted by Crippen LogP contribution is 2.32. The zero-order valence-corrected chi connectivity index (χ0v) is 16.9. The third-order valence-corrected chi connectivity index (χ3v) is 5.13. The van der Waals surface area contributed by atoms with E-state index in [0.29, 0.717) is 18.4 Å². The molecule has 2 saturated heterocycles. The Kier molecular flexibility index (Phi) is 7.70. The molecule has 2 N–H and O–H groups in total. The highest BCUT2D eigenvalue weighted by molar-refractivity contribution is 5.91.